The topological polar surface area (TPSA) is 46.9 Å². The molecular weight excluding hydrogens is 288 g/mol. The smallest absolute Gasteiger partial charge is 0.287 e. The van der Waals surface area contributed by atoms with Crippen molar-refractivity contribution in [2.45, 2.75) is 13.0 Å². The molecule has 1 heterocycles. The van der Waals surface area contributed by atoms with Gasteiger partial charge in [0.2, 0.25) is 0 Å². The summed E-state index contributed by atoms with van der Waals surface area (Å²) in [5.41, 5.74) is 0.783. The second-order valence-corrected chi connectivity index (χ2v) is 4.57. The molecule has 106 valence electrons. The maximum Gasteiger partial charge on any atom is 0.287 e. The molecule has 0 unspecified atom stereocenters. The zero-order chi connectivity index (χ0) is 14.7. The lowest BCUT2D eigenvalue weighted by Crippen LogP contribution is -2.21. The summed E-state index contributed by atoms with van der Waals surface area (Å²) >= 11 is 5.90. The van der Waals surface area contributed by atoms with Gasteiger partial charge in [-0.3, -0.25) is 4.79 Å². The number of hydrogen-bond acceptors (Lipinski definition) is 3. The Morgan fingerprint density at radius 1 is 1.35 bits per heavy atom. The third kappa shape index (κ3) is 3.14. The minimum Gasteiger partial charge on any atom is -0.378 e. The Kier molecular flexibility index (Phi) is 4.34. The number of nitrogens with zero attached hydrogens (tertiary/aromatic N) is 2. The lowest BCUT2D eigenvalue weighted by molar-refractivity contribution is 0.151. The van der Waals surface area contributed by atoms with Gasteiger partial charge in [-0.25, -0.2) is 13.5 Å². The van der Waals surface area contributed by atoms with Crippen molar-refractivity contribution >= 4 is 17.3 Å². The summed E-state index contributed by atoms with van der Waals surface area (Å²) in [6, 6.07) is 5.92. The highest BCUT2D eigenvalue weighted by molar-refractivity contribution is 6.32. The molecule has 0 spiro atoms. The fraction of sp³-hybridized carbons (Fsp3) is 0.231. The van der Waals surface area contributed by atoms with Crippen LogP contribution in [0.3, 0.4) is 0 Å². The van der Waals surface area contributed by atoms with E-state index in [0.29, 0.717) is 12.2 Å². The van der Waals surface area contributed by atoms with Crippen LogP contribution in [0.15, 0.2) is 35.3 Å². The minimum atomic E-state index is -2.48. The Morgan fingerprint density at radius 3 is 2.60 bits per heavy atom. The first-order valence-corrected chi connectivity index (χ1v) is 6.19. The molecule has 0 radical (unpaired) electrons. The molecule has 1 aromatic heterocycles. The summed E-state index contributed by atoms with van der Waals surface area (Å²) in [5.74, 6) is 0. The van der Waals surface area contributed by atoms with E-state index in [1.54, 1.807) is 12.1 Å². The number of benzene rings is 1. The molecule has 2 aromatic rings. The first kappa shape index (κ1) is 14.5. The average molecular weight is 300 g/mol. The molecule has 0 amide bonds. The predicted octanol–water partition coefficient (Wildman–Crippen LogP) is 2.98. The molecule has 0 aliphatic carbocycles. The van der Waals surface area contributed by atoms with E-state index >= 15 is 0 Å². The van der Waals surface area contributed by atoms with Crippen molar-refractivity contribution in [2.24, 2.45) is 7.05 Å². The summed E-state index contributed by atoms with van der Waals surface area (Å²) in [5, 5.41) is 6.85. The van der Waals surface area contributed by atoms with Crippen molar-refractivity contribution in [2.75, 3.05) is 5.32 Å². The molecule has 0 atom stereocenters. The van der Waals surface area contributed by atoms with E-state index in [2.05, 4.69) is 10.4 Å². The van der Waals surface area contributed by atoms with Crippen LogP contribution in [0.25, 0.3) is 0 Å². The van der Waals surface area contributed by atoms with Gasteiger partial charge < -0.3 is 5.32 Å². The van der Waals surface area contributed by atoms with Crippen molar-refractivity contribution in [1.29, 1.82) is 0 Å². The van der Waals surface area contributed by atoms with Gasteiger partial charge in [-0.1, -0.05) is 35.9 Å². The molecule has 1 aromatic carbocycles. The Bertz CT molecular complexity index is 656. The lowest BCUT2D eigenvalue weighted by Gasteiger charge is -2.09. The van der Waals surface area contributed by atoms with Gasteiger partial charge in [0.15, 0.2) is 0 Å². The Morgan fingerprint density at radius 2 is 2.00 bits per heavy atom. The van der Waals surface area contributed by atoms with Crippen LogP contribution in [0.1, 0.15) is 17.6 Å². The monoisotopic (exact) mass is 299 g/mol. The van der Waals surface area contributed by atoms with Crippen molar-refractivity contribution in [3.8, 4) is 0 Å². The second kappa shape index (κ2) is 6.00. The number of aromatic nitrogens is 2. The fourth-order valence-electron chi connectivity index (χ4n) is 1.61. The SMILES string of the molecule is Cn1ncc(NCc2ccc(C(F)F)cc2)c(Cl)c1=O. The Hall–Kier alpha value is -1.95. The summed E-state index contributed by atoms with van der Waals surface area (Å²) in [4.78, 5) is 11.6. The third-order valence-corrected chi connectivity index (χ3v) is 3.16. The number of rotatable bonds is 4. The van der Waals surface area contributed by atoms with Crippen molar-refractivity contribution in [3.05, 3.63) is 57.0 Å². The number of nitrogens with one attached hydrogen (secondary N) is 1. The fourth-order valence-corrected chi connectivity index (χ4v) is 1.85. The Balaban J connectivity index is 2.09. The van der Waals surface area contributed by atoms with Crippen LogP contribution in [0.5, 0.6) is 0 Å². The van der Waals surface area contributed by atoms with Crippen LogP contribution in [-0.4, -0.2) is 9.78 Å². The second-order valence-electron chi connectivity index (χ2n) is 4.20. The van der Waals surface area contributed by atoms with E-state index in [9.17, 15) is 13.6 Å². The predicted molar refractivity (Wildman–Crippen MR) is 73.2 cm³/mol. The van der Waals surface area contributed by atoms with E-state index in [1.165, 1.54) is 25.4 Å². The lowest BCUT2D eigenvalue weighted by atomic mass is 10.1. The summed E-state index contributed by atoms with van der Waals surface area (Å²) in [7, 11) is 1.50. The zero-order valence-electron chi connectivity index (χ0n) is 10.6. The molecule has 0 fully saturated rings. The third-order valence-electron chi connectivity index (χ3n) is 2.79. The summed E-state index contributed by atoms with van der Waals surface area (Å²) in [6.45, 7) is 0.359. The van der Waals surface area contributed by atoms with Crippen LogP contribution in [0.2, 0.25) is 5.02 Å². The van der Waals surface area contributed by atoms with Crippen LogP contribution in [0.4, 0.5) is 14.5 Å². The van der Waals surface area contributed by atoms with E-state index < -0.39 is 12.0 Å². The Labute approximate surface area is 119 Å². The summed E-state index contributed by atoms with van der Waals surface area (Å²) in [6.07, 6.45) is -1.04. The quantitative estimate of drug-likeness (QED) is 0.944. The number of hydrogen-bond donors (Lipinski definition) is 1. The molecule has 7 heteroatoms. The molecular formula is C13H12ClF2N3O. The number of halogens is 3. The molecule has 0 saturated carbocycles. The van der Waals surface area contributed by atoms with E-state index in [0.717, 1.165) is 10.2 Å². The van der Waals surface area contributed by atoms with Gasteiger partial charge in [0.25, 0.3) is 12.0 Å². The van der Waals surface area contributed by atoms with Crippen LogP contribution in [-0.2, 0) is 13.6 Å². The number of anilines is 1. The molecule has 2 rings (SSSR count). The first-order valence-electron chi connectivity index (χ1n) is 5.81. The van der Waals surface area contributed by atoms with Gasteiger partial charge in [0.1, 0.15) is 5.02 Å². The van der Waals surface area contributed by atoms with E-state index in [1.807, 2.05) is 0 Å². The zero-order valence-corrected chi connectivity index (χ0v) is 11.4. The van der Waals surface area contributed by atoms with Crippen LogP contribution >= 0.6 is 11.6 Å². The standard InChI is InChI=1S/C13H12ClF2N3O/c1-19-13(20)11(14)10(7-18-19)17-6-8-2-4-9(5-3-8)12(15)16/h2-5,7,12,17H,6H2,1H3. The maximum atomic E-state index is 12.4. The highest BCUT2D eigenvalue weighted by Crippen LogP contribution is 2.20. The van der Waals surface area contributed by atoms with Gasteiger partial charge >= 0.3 is 0 Å². The van der Waals surface area contributed by atoms with Crippen molar-refractivity contribution in [3.63, 3.8) is 0 Å². The van der Waals surface area contributed by atoms with Crippen molar-refractivity contribution < 1.29 is 8.78 Å². The molecule has 0 aliphatic rings. The number of alkyl halides is 2. The highest BCUT2D eigenvalue weighted by atomic mass is 35.5. The van der Waals surface area contributed by atoms with Gasteiger partial charge in [0.05, 0.1) is 11.9 Å². The van der Waals surface area contributed by atoms with E-state index in [4.69, 9.17) is 11.6 Å². The number of aryl methyl sites for hydroxylation is 1. The van der Waals surface area contributed by atoms with Gasteiger partial charge in [-0.05, 0) is 5.56 Å². The first-order chi connectivity index (χ1) is 9.49. The molecule has 4 nitrogen and oxygen atoms in total. The maximum absolute atomic E-state index is 12.4. The van der Waals surface area contributed by atoms with Crippen molar-refractivity contribution in [1.82, 2.24) is 9.78 Å². The molecule has 0 bridgehead atoms. The van der Waals surface area contributed by atoms with Crippen LogP contribution < -0.4 is 10.9 Å². The van der Waals surface area contributed by atoms with Gasteiger partial charge in [-0.15, -0.1) is 0 Å². The molecule has 20 heavy (non-hydrogen) atoms. The molecule has 1 N–H and O–H groups in total. The average Bonchev–Trinajstić information content (AvgIpc) is 2.44. The van der Waals surface area contributed by atoms with E-state index in [-0.39, 0.29) is 10.6 Å². The minimum absolute atomic E-state index is 0.0259. The summed E-state index contributed by atoms with van der Waals surface area (Å²) < 4.78 is 25.9. The highest BCUT2D eigenvalue weighted by Gasteiger charge is 2.08. The van der Waals surface area contributed by atoms with Gasteiger partial charge in [-0.2, -0.15) is 5.10 Å². The normalized spacial score (nSPS) is 10.8. The molecule has 0 aliphatic heterocycles. The van der Waals surface area contributed by atoms with Gasteiger partial charge in [0, 0.05) is 19.2 Å². The molecule has 0 saturated heterocycles. The van der Waals surface area contributed by atoms with Crippen LogP contribution in [0, 0.1) is 0 Å². The largest absolute Gasteiger partial charge is 0.378 e.